The van der Waals surface area contributed by atoms with Gasteiger partial charge in [0, 0.05) is 18.4 Å². The Morgan fingerprint density at radius 3 is 2.83 bits per heavy atom. The van der Waals surface area contributed by atoms with E-state index in [1.165, 1.54) is 4.90 Å². The van der Waals surface area contributed by atoms with E-state index < -0.39 is 18.0 Å². The number of cyclic esters (lactones) is 1. The molecule has 1 N–H and O–H groups in total. The van der Waals surface area contributed by atoms with E-state index in [1.807, 2.05) is 0 Å². The SMILES string of the molecule is O=C1OCCN1c1cccc(CNc2nccc(C(F)(F)F)n2)c1. The third-order valence-corrected chi connectivity index (χ3v) is 3.38. The fourth-order valence-electron chi connectivity index (χ4n) is 2.25. The van der Waals surface area contributed by atoms with E-state index in [2.05, 4.69) is 15.3 Å². The van der Waals surface area contributed by atoms with Gasteiger partial charge in [0.1, 0.15) is 12.3 Å². The van der Waals surface area contributed by atoms with Crippen molar-refractivity contribution in [2.75, 3.05) is 23.4 Å². The number of carbonyl (C=O) groups is 1. The maximum absolute atomic E-state index is 12.6. The van der Waals surface area contributed by atoms with Crippen molar-refractivity contribution in [3.63, 3.8) is 0 Å². The molecular formula is C15H13F3N4O2. The summed E-state index contributed by atoms with van der Waals surface area (Å²) in [5, 5.41) is 2.75. The number of ether oxygens (including phenoxy) is 1. The quantitative estimate of drug-likeness (QED) is 0.928. The molecule has 0 radical (unpaired) electrons. The molecule has 0 saturated carbocycles. The molecule has 1 aliphatic rings. The minimum absolute atomic E-state index is 0.115. The van der Waals surface area contributed by atoms with Crippen LogP contribution >= 0.6 is 0 Å². The van der Waals surface area contributed by atoms with Crippen molar-refractivity contribution < 1.29 is 22.7 Å². The Balaban J connectivity index is 1.70. The molecule has 126 valence electrons. The molecule has 0 spiro atoms. The number of hydrogen-bond donors (Lipinski definition) is 1. The summed E-state index contributed by atoms with van der Waals surface area (Å²) in [6, 6.07) is 7.87. The number of carbonyl (C=O) groups excluding carboxylic acids is 1. The Morgan fingerprint density at radius 1 is 1.29 bits per heavy atom. The Hall–Kier alpha value is -2.84. The standard InChI is InChI=1S/C15H13F3N4O2/c16-15(17,18)12-4-5-19-13(21-12)20-9-10-2-1-3-11(8-10)22-6-7-24-14(22)23/h1-5,8H,6-7,9H2,(H,19,20,21). The average Bonchev–Trinajstić information content (AvgIpc) is 2.99. The number of nitrogens with one attached hydrogen (secondary N) is 1. The van der Waals surface area contributed by atoms with Gasteiger partial charge < -0.3 is 10.1 Å². The average molecular weight is 338 g/mol. The molecule has 1 fully saturated rings. The van der Waals surface area contributed by atoms with Crippen molar-refractivity contribution in [3.8, 4) is 0 Å². The van der Waals surface area contributed by atoms with Crippen LogP contribution in [-0.4, -0.2) is 29.2 Å². The maximum Gasteiger partial charge on any atom is 0.433 e. The van der Waals surface area contributed by atoms with Gasteiger partial charge in [-0.05, 0) is 23.8 Å². The molecule has 1 amide bonds. The molecule has 1 aromatic carbocycles. The second-order valence-electron chi connectivity index (χ2n) is 5.05. The summed E-state index contributed by atoms with van der Waals surface area (Å²) >= 11 is 0. The normalized spacial score (nSPS) is 14.6. The lowest BCUT2D eigenvalue weighted by molar-refractivity contribution is -0.141. The lowest BCUT2D eigenvalue weighted by Gasteiger charge is -2.14. The molecule has 6 nitrogen and oxygen atoms in total. The number of benzene rings is 1. The third kappa shape index (κ3) is 3.55. The zero-order valence-corrected chi connectivity index (χ0v) is 12.4. The molecule has 2 aromatic rings. The lowest BCUT2D eigenvalue weighted by Crippen LogP contribution is -2.23. The lowest BCUT2D eigenvalue weighted by atomic mass is 10.2. The minimum Gasteiger partial charge on any atom is -0.447 e. The molecule has 24 heavy (non-hydrogen) atoms. The predicted octanol–water partition coefficient (Wildman–Crippen LogP) is 3.06. The fourth-order valence-corrected chi connectivity index (χ4v) is 2.25. The minimum atomic E-state index is -4.52. The van der Waals surface area contributed by atoms with Crippen LogP contribution in [0.2, 0.25) is 0 Å². The molecule has 9 heteroatoms. The largest absolute Gasteiger partial charge is 0.447 e. The maximum atomic E-state index is 12.6. The Morgan fingerprint density at radius 2 is 2.12 bits per heavy atom. The van der Waals surface area contributed by atoms with E-state index in [0.29, 0.717) is 18.8 Å². The zero-order valence-electron chi connectivity index (χ0n) is 12.4. The summed E-state index contributed by atoms with van der Waals surface area (Å²) in [5.74, 6) is -0.115. The first kappa shape index (κ1) is 16.0. The number of anilines is 2. The van der Waals surface area contributed by atoms with Gasteiger partial charge in [0.15, 0.2) is 0 Å². The van der Waals surface area contributed by atoms with Crippen LogP contribution in [0.25, 0.3) is 0 Å². The monoisotopic (exact) mass is 338 g/mol. The Bertz CT molecular complexity index is 751. The number of halogens is 3. The van der Waals surface area contributed by atoms with Gasteiger partial charge in [-0.2, -0.15) is 13.2 Å². The van der Waals surface area contributed by atoms with Crippen LogP contribution in [0.4, 0.5) is 29.6 Å². The van der Waals surface area contributed by atoms with Crippen LogP contribution in [-0.2, 0) is 17.5 Å². The van der Waals surface area contributed by atoms with Crippen LogP contribution in [0.5, 0.6) is 0 Å². The number of hydrogen-bond acceptors (Lipinski definition) is 5. The van der Waals surface area contributed by atoms with Gasteiger partial charge in [0.2, 0.25) is 5.95 Å². The smallest absolute Gasteiger partial charge is 0.433 e. The molecule has 0 bridgehead atoms. The number of rotatable bonds is 4. The van der Waals surface area contributed by atoms with Crippen molar-refractivity contribution in [3.05, 3.63) is 47.8 Å². The van der Waals surface area contributed by atoms with Gasteiger partial charge in [0.25, 0.3) is 0 Å². The van der Waals surface area contributed by atoms with Crippen molar-refractivity contribution in [1.29, 1.82) is 0 Å². The molecule has 1 aliphatic heterocycles. The van der Waals surface area contributed by atoms with Crippen molar-refractivity contribution >= 4 is 17.7 Å². The molecule has 1 aromatic heterocycles. The summed E-state index contributed by atoms with van der Waals surface area (Å²) < 4.78 is 42.8. The van der Waals surface area contributed by atoms with E-state index in [9.17, 15) is 18.0 Å². The van der Waals surface area contributed by atoms with E-state index in [0.717, 1.165) is 17.8 Å². The first-order valence-electron chi connectivity index (χ1n) is 7.11. The molecule has 2 heterocycles. The van der Waals surface area contributed by atoms with Gasteiger partial charge in [-0.3, -0.25) is 4.90 Å². The predicted molar refractivity (Wildman–Crippen MR) is 79.5 cm³/mol. The first-order chi connectivity index (χ1) is 11.4. The summed E-state index contributed by atoms with van der Waals surface area (Å²) in [6.45, 7) is 1.02. The van der Waals surface area contributed by atoms with Crippen molar-refractivity contribution in [2.24, 2.45) is 0 Å². The van der Waals surface area contributed by atoms with Gasteiger partial charge in [0.05, 0.1) is 6.54 Å². The molecule has 3 rings (SSSR count). The van der Waals surface area contributed by atoms with E-state index in [-0.39, 0.29) is 12.5 Å². The van der Waals surface area contributed by atoms with Crippen molar-refractivity contribution in [1.82, 2.24) is 9.97 Å². The Kier molecular flexibility index (Phi) is 4.24. The molecule has 0 aliphatic carbocycles. The zero-order chi connectivity index (χ0) is 17.2. The van der Waals surface area contributed by atoms with Gasteiger partial charge in [-0.25, -0.2) is 14.8 Å². The van der Waals surface area contributed by atoms with Crippen LogP contribution in [0.1, 0.15) is 11.3 Å². The summed E-state index contributed by atoms with van der Waals surface area (Å²) in [5.41, 5.74) is 0.434. The Labute approximate surface area is 135 Å². The summed E-state index contributed by atoms with van der Waals surface area (Å²) in [6.07, 6.45) is -3.88. The number of aromatic nitrogens is 2. The highest BCUT2D eigenvalue weighted by Crippen LogP contribution is 2.27. The first-order valence-corrected chi connectivity index (χ1v) is 7.11. The van der Waals surface area contributed by atoms with E-state index >= 15 is 0 Å². The van der Waals surface area contributed by atoms with Gasteiger partial charge >= 0.3 is 12.3 Å². The number of alkyl halides is 3. The highest BCUT2D eigenvalue weighted by atomic mass is 19.4. The number of nitrogens with zero attached hydrogens (tertiary/aromatic N) is 3. The van der Waals surface area contributed by atoms with E-state index in [1.54, 1.807) is 24.3 Å². The highest BCUT2D eigenvalue weighted by molar-refractivity contribution is 5.89. The van der Waals surface area contributed by atoms with Crippen LogP contribution in [0.15, 0.2) is 36.5 Å². The summed E-state index contributed by atoms with van der Waals surface area (Å²) in [7, 11) is 0. The highest BCUT2D eigenvalue weighted by Gasteiger charge is 2.32. The van der Waals surface area contributed by atoms with Crippen LogP contribution < -0.4 is 10.2 Å². The molecule has 0 unspecified atom stereocenters. The van der Waals surface area contributed by atoms with Gasteiger partial charge in [-0.1, -0.05) is 12.1 Å². The third-order valence-electron chi connectivity index (χ3n) is 3.38. The van der Waals surface area contributed by atoms with Crippen LogP contribution in [0, 0.1) is 0 Å². The van der Waals surface area contributed by atoms with Crippen molar-refractivity contribution in [2.45, 2.75) is 12.7 Å². The molecule has 1 saturated heterocycles. The second-order valence-corrected chi connectivity index (χ2v) is 5.05. The van der Waals surface area contributed by atoms with Gasteiger partial charge in [-0.15, -0.1) is 0 Å². The molecule has 0 atom stereocenters. The molecular weight excluding hydrogens is 325 g/mol. The number of amides is 1. The topological polar surface area (TPSA) is 67.3 Å². The van der Waals surface area contributed by atoms with E-state index in [4.69, 9.17) is 4.74 Å². The summed E-state index contributed by atoms with van der Waals surface area (Å²) in [4.78, 5) is 20.3. The second kappa shape index (κ2) is 6.34. The van der Waals surface area contributed by atoms with Crippen LogP contribution in [0.3, 0.4) is 0 Å². The fraction of sp³-hybridized carbons (Fsp3) is 0.267.